The van der Waals surface area contributed by atoms with Gasteiger partial charge in [0.15, 0.2) is 11.4 Å². The fourth-order valence-corrected chi connectivity index (χ4v) is 2.92. The zero-order valence-corrected chi connectivity index (χ0v) is 16.6. The van der Waals surface area contributed by atoms with Crippen molar-refractivity contribution in [3.63, 3.8) is 0 Å². The topological polar surface area (TPSA) is 122 Å². The lowest BCUT2D eigenvalue weighted by Crippen LogP contribution is -2.04. The maximum atomic E-state index is 11.8. The Morgan fingerprint density at radius 3 is 2.73 bits per heavy atom. The molecule has 2 aromatic heterocycles. The van der Waals surface area contributed by atoms with Crippen LogP contribution in [0.2, 0.25) is 0 Å². The maximum absolute atomic E-state index is 11.8. The monoisotopic (exact) mass is 405 g/mol. The van der Waals surface area contributed by atoms with Crippen LogP contribution in [-0.2, 0) is 0 Å². The second-order valence-electron chi connectivity index (χ2n) is 6.71. The van der Waals surface area contributed by atoms with Crippen LogP contribution in [0.25, 0.3) is 11.1 Å². The number of methoxy groups -OCH3 is 1. The molecule has 4 rings (SSSR count). The van der Waals surface area contributed by atoms with E-state index in [0.717, 1.165) is 11.3 Å². The smallest absolute Gasteiger partial charge is 0.417 e. The fourth-order valence-electron chi connectivity index (χ4n) is 2.92. The van der Waals surface area contributed by atoms with Gasteiger partial charge < -0.3 is 19.8 Å². The number of aromatic amines is 1. The largest absolute Gasteiger partial charge is 0.497 e. The average molecular weight is 405 g/mol. The van der Waals surface area contributed by atoms with Gasteiger partial charge in [0.2, 0.25) is 5.95 Å². The summed E-state index contributed by atoms with van der Waals surface area (Å²) in [6.07, 6.45) is 1.68. The summed E-state index contributed by atoms with van der Waals surface area (Å²) in [5.41, 5.74) is 3.77. The maximum Gasteiger partial charge on any atom is 0.417 e. The van der Waals surface area contributed by atoms with E-state index in [-0.39, 0.29) is 5.78 Å². The predicted octanol–water partition coefficient (Wildman–Crippen LogP) is 3.92. The van der Waals surface area contributed by atoms with Gasteiger partial charge in [0, 0.05) is 34.8 Å². The van der Waals surface area contributed by atoms with E-state index in [1.165, 1.54) is 14.0 Å². The average Bonchev–Trinajstić information content (AvgIpc) is 3.09. The highest BCUT2D eigenvalue weighted by atomic mass is 16.5. The van der Waals surface area contributed by atoms with Crippen LogP contribution >= 0.6 is 0 Å². The molecule has 0 spiro atoms. The summed E-state index contributed by atoms with van der Waals surface area (Å²) in [7, 11) is 1.54. The third-order valence-corrected chi connectivity index (χ3v) is 4.46. The zero-order chi connectivity index (χ0) is 21.3. The van der Waals surface area contributed by atoms with E-state index >= 15 is 0 Å². The van der Waals surface area contributed by atoms with E-state index in [0.29, 0.717) is 39.9 Å². The number of aryl methyl sites for hydroxylation is 1. The number of rotatable bonds is 6. The number of anilines is 4. The lowest BCUT2D eigenvalue weighted by molar-refractivity contribution is 0.101. The number of carbonyl (C=O) groups excluding carboxylic acids is 1. The molecule has 9 nitrogen and oxygen atoms in total. The molecule has 152 valence electrons. The van der Waals surface area contributed by atoms with E-state index in [9.17, 15) is 9.59 Å². The van der Waals surface area contributed by atoms with Crippen molar-refractivity contribution in [1.29, 1.82) is 0 Å². The lowest BCUT2D eigenvalue weighted by Gasteiger charge is -2.12. The minimum atomic E-state index is -0.505. The van der Waals surface area contributed by atoms with Gasteiger partial charge in [-0.3, -0.25) is 9.78 Å². The fraction of sp³-hybridized carbons (Fsp3) is 0.143. The molecule has 0 aliphatic carbocycles. The highest BCUT2D eigenvalue weighted by Crippen LogP contribution is 2.26. The summed E-state index contributed by atoms with van der Waals surface area (Å²) < 4.78 is 10.3. The third-order valence-electron chi connectivity index (χ3n) is 4.46. The number of ether oxygens (including phenoxy) is 1. The number of hydrogen-bond acceptors (Lipinski definition) is 8. The molecule has 0 aliphatic rings. The van der Waals surface area contributed by atoms with Crippen molar-refractivity contribution in [2.24, 2.45) is 0 Å². The van der Waals surface area contributed by atoms with E-state index in [1.807, 2.05) is 6.92 Å². The van der Waals surface area contributed by atoms with Gasteiger partial charge in [-0.15, -0.1) is 0 Å². The first kappa shape index (κ1) is 19.2. The van der Waals surface area contributed by atoms with Crippen molar-refractivity contribution < 1.29 is 13.9 Å². The number of aromatic nitrogens is 3. The van der Waals surface area contributed by atoms with Gasteiger partial charge in [0.1, 0.15) is 11.6 Å². The number of Topliss-reactive ketones (excluding diaryl/α,β-unsaturated/α-hetero) is 1. The minimum absolute atomic E-state index is 0.0724. The Balaban J connectivity index is 1.62. The van der Waals surface area contributed by atoms with E-state index in [1.54, 1.807) is 42.6 Å². The second kappa shape index (κ2) is 7.70. The number of carbonyl (C=O) groups is 1. The Morgan fingerprint density at radius 2 is 1.97 bits per heavy atom. The molecule has 4 aromatic rings. The predicted molar refractivity (Wildman–Crippen MR) is 113 cm³/mol. The molecule has 0 saturated heterocycles. The molecule has 2 aromatic carbocycles. The summed E-state index contributed by atoms with van der Waals surface area (Å²) in [4.78, 5) is 34.6. The normalized spacial score (nSPS) is 10.8. The standard InChI is InChI=1S/C21H19N5O4/c1-11-10-22-20(24-15-6-13(12(2)27)7-16(8-15)29-3)26-19(11)23-14-4-5-18-17(9-14)25-21(28)30-18/h4-10H,1-3H3,(H,25,28)(H2,22,23,24,26). The number of hydrogen-bond donors (Lipinski definition) is 3. The molecule has 0 fully saturated rings. The van der Waals surface area contributed by atoms with Gasteiger partial charge in [-0.2, -0.15) is 4.98 Å². The van der Waals surface area contributed by atoms with E-state index < -0.39 is 5.76 Å². The molecule has 0 amide bonds. The second-order valence-corrected chi connectivity index (χ2v) is 6.71. The van der Waals surface area contributed by atoms with Crippen LogP contribution in [0.15, 0.2) is 51.8 Å². The summed E-state index contributed by atoms with van der Waals surface area (Å²) in [6, 6.07) is 10.4. The van der Waals surface area contributed by atoms with Gasteiger partial charge in [-0.05, 0) is 44.2 Å². The first-order valence-corrected chi connectivity index (χ1v) is 9.12. The number of H-pyrrole nitrogens is 1. The molecule has 30 heavy (non-hydrogen) atoms. The Labute approximate surface area is 171 Å². The Hall–Kier alpha value is -4.14. The number of oxazole rings is 1. The molecule has 0 atom stereocenters. The molecule has 0 aliphatic heterocycles. The van der Waals surface area contributed by atoms with Crippen LogP contribution in [0.5, 0.6) is 5.75 Å². The quantitative estimate of drug-likeness (QED) is 0.413. The van der Waals surface area contributed by atoms with Gasteiger partial charge in [-0.1, -0.05) is 0 Å². The summed E-state index contributed by atoms with van der Waals surface area (Å²) in [5, 5.41) is 6.32. The molecule has 3 N–H and O–H groups in total. The summed E-state index contributed by atoms with van der Waals surface area (Å²) in [5.74, 6) is 0.918. The van der Waals surface area contributed by atoms with E-state index in [4.69, 9.17) is 9.15 Å². The van der Waals surface area contributed by atoms with Crippen molar-refractivity contribution in [1.82, 2.24) is 15.0 Å². The Morgan fingerprint density at radius 1 is 1.13 bits per heavy atom. The number of nitrogens with one attached hydrogen (secondary N) is 3. The number of benzene rings is 2. The highest BCUT2D eigenvalue weighted by molar-refractivity contribution is 5.95. The highest BCUT2D eigenvalue weighted by Gasteiger charge is 2.10. The minimum Gasteiger partial charge on any atom is -0.497 e. The SMILES string of the molecule is COc1cc(Nc2ncc(C)c(Nc3ccc4oc(=O)[nH]c4c3)n2)cc(C(C)=O)c1. The van der Waals surface area contributed by atoms with Crippen molar-refractivity contribution in [2.75, 3.05) is 17.7 Å². The molecule has 0 saturated carbocycles. The number of ketones is 1. The molecule has 0 unspecified atom stereocenters. The molecule has 0 radical (unpaired) electrons. The van der Waals surface area contributed by atoms with Gasteiger partial charge in [0.25, 0.3) is 0 Å². The number of fused-ring (bicyclic) bond motifs is 1. The molecular formula is C21H19N5O4. The molecular weight excluding hydrogens is 386 g/mol. The Kier molecular flexibility index (Phi) is 4.93. The van der Waals surface area contributed by atoms with Crippen LogP contribution < -0.4 is 21.1 Å². The van der Waals surface area contributed by atoms with Crippen LogP contribution in [0.1, 0.15) is 22.8 Å². The van der Waals surface area contributed by atoms with Gasteiger partial charge >= 0.3 is 5.76 Å². The third kappa shape index (κ3) is 4.00. The van der Waals surface area contributed by atoms with Gasteiger partial charge in [-0.25, -0.2) is 9.78 Å². The van der Waals surface area contributed by atoms with Crippen LogP contribution in [0.3, 0.4) is 0 Å². The van der Waals surface area contributed by atoms with Gasteiger partial charge in [0.05, 0.1) is 12.6 Å². The van der Waals surface area contributed by atoms with Crippen molar-refractivity contribution in [3.05, 3.63) is 64.3 Å². The van der Waals surface area contributed by atoms with Crippen LogP contribution in [0, 0.1) is 6.92 Å². The first-order chi connectivity index (χ1) is 14.4. The van der Waals surface area contributed by atoms with Crippen molar-refractivity contribution in [2.45, 2.75) is 13.8 Å². The first-order valence-electron chi connectivity index (χ1n) is 9.12. The summed E-state index contributed by atoms with van der Waals surface area (Å²) >= 11 is 0. The van der Waals surface area contributed by atoms with E-state index in [2.05, 4.69) is 25.6 Å². The molecule has 9 heteroatoms. The zero-order valence-electron chi connectivity index (χ0n) is 16.6. The molecule has 0 bridgehead atoms. The Bertz CT molecular complexity index is 1310. The van der Waals surface area contributed by atoms with Crippen molar-refractivity contribution >= 4 is 40.0 Å². The van der Waals surface area contributed by atoms with Crippen molar-refractivity contribution in [3.8, 4) is 5.75 Å². The lowest BCUT2D eigenvalue weighted by atomic mass is 10.1. The molecule has 2 heterocycles. The van der Waals surface area contributed by atoms with Crippen LogP contribution in [0.4, 0.5) is 23.1 Å². The van der Waals surface area contributed by atoms with Crippen LogP contribution in [-0.4, -0.2) is 27.8 Å². The number of nitrogens with zero attached hydrogens (tertiary/aromatic N) is 2. The summed E-state index contributed by atoms with van der Waals surface area (Å²) in [6.45, 7) is 3.37.